The average molecular weight is 341 g/mol. The summed E-state index contributed by atoms with van der Waals surface area (Å²) in [5.41, 5.74) is 0.556. The third-order valence-corrected chi connectivity index (χ3v) is 3.71. The van der Waals surface area contributed by atoms with Crippen LogP contribution in [0.4, 0.5) is 8.78 Å². The van der Waals surface area contributed by atoms with Gasteiger partial charge in [-0.2, -0.15) is 0 Å². The second-order valence-corrected chi connectivity index (χ2v) is 5.11. The topological polar surface area (TPSA) is 24.5 Å². The van der Waals surface area contributed by atoms with Crippen LogP contribution in [0.1, 0.15) is 18.5 Å². The molecule has 1 fully saturated rings. The lowest BCUT2D eigenvalue weighted by Crippen LogP contribution is -2.45. The van der Waals surface area contributed by atoms with E-state index in [2.05, 4.69) is 5.32 Å². The number of benzene rings is 1. The zero-order valence-electron chi connectivity index (χ0n) is 11.9. The predicted molar refractivity (Wildman–Crippen MR) is 83.0 cm³/mol. The zero-order valence-corrected chi connectivity index (χ0v) is 13.4. The molecule has 1 saturated heterocycles. The van der Waals surface area contributed by atoms with Crippen LogP contribution in [0.15, 0.2) is 12.1 Å². The highest BCUT2D eigenvalue weighted by atomic mass is 35.5. The fourth-order valence-electron chi connectivity index (χ4n) is 2.45. The molecule has 0 aliphatic carbocycles. The number of alkyl halides is 1. The predicted octanol–water partition coefficient (Wildman–Crippen LogP) is 3.22. The van der Waals surface area contributed by atoms with Crippen molar-refractivity contribution in [1.29, 1.82) is 0 Å². The van der Waals surface area contributed by atoms with E-state index >= 15 is 0 Å². The van der Waals surface area contributed by atoms with E-state index in [9.17, 15) is 8.78 Å². The smallest absolute Gasteiger partial charge is 0.173 e. The Morgan fingerprint density at radius 1 is 1.38 bits per heavy atom. The standard InChI is InChI=1S/C14H19ClF2N2O.ClH/c1-2-20-14-11(15)7-10(8-12(14)17)13(9-16)19-5-3-18-4-6-19;/h7-8,13,18H,2-6,9H2,1H3;1H/t13-;/m1./s1. The van der Waals surface area contributed by atoms with Crippen LogP contribution in [0.2, 0.25) is 5.02 Å². The second kappa shape index (κ2) is 8.73. The van der Waals surface area contributed by atoms with Gasteiger partial charge in [0, 0.05) is 26.2 Å². The van der Waals surface area contributed by atoms with Crippen LogP contribution < -0.4 is 10.1 Å². The van der Waals surface area contributed by atoms with Crippen molar-refractivity contribution in [2.75, 3.05) is 39.5 Å². The number of hydrogen-bond donors (Lipinski definition) is 1. The normalized spacial score (nSPS) is 17.1. The van der Waals surface area contributed by atoms with Crippen LogP contribution in [-0.2, 0) is 0 Å². The lowest BCUT2D eigenvalue weighted by atomic mass is 10.0. The van der Waals surface area contributed by atoms with Crippen LogP contribution in [0.3, 0.4) is 0 Å². The Kier molecular flexibility index (Phi) is 7.66. The van der Waals surface area contributed by atoms with Gasteiger partial charge in [-0.25, -0.2) is 8.78 Å². The van der Waals surface area contributed by atoms with E-state index in [1.807, 2.05) is 4.90 Å². The number of nitrogens with one attached hydrogen (secondary N) is 1. The number of nitrogens with zero attached hydrogens (tertiary/aromatic N) is 1. The van der Waals surface area contributed by atoms with Crippen molar-refractivity contribution >= 4 is 24.0 Å². The van der Waals surface area contributed by atoms with E-state index in [-0.39, 0.29) is 23.2 Å². The largest absolute Gasteiger partial charge is 0.489 e. The van der Waals surface area contributed by atoms with E-state index in [0.717, 1.165) is 26.2 Å². The van der Waals surface area contributed by atoms with Crippen molar-refractivity contribution in [3.63, 3.8) is 0 Å². The quantitative estimate of drug-likeness (QED) is 0.890. The first kappa shape index (κ1) is 18.4. The molecule has 0 aromatic heterocycles. The minimum Gasteiger partial charge on any atom is -0.489 e. The molecule has 7 heteroatoms. The summed E-state index contributed by atoms with van der Waals surface area (Å²) in [4.78, 5) is 2.00. The lowest BCUT2D eigenvalue weighted by Gasteiger charge is -2.33. The first-order chi connectivity index (χ1) is 9.67. The highest BCUT2D eigenvalue weighted by Gasteiger charge is 2.24. The first-order valence-corrected chi connectivity index (χ1v) is 7.17. The van der Waals surface area contributed by atoms with Gasteiger partial charge in [-0.15, -0.1) is 12.4 Å². The van der Waals surface area contributed by atoms with Gasteiger partial charge in [0.15, 0.2) is 11.6 Å². The van der Waals surface area contributed by atoms with Crippen LogP contribution in [-0.4, -0.2) is 44.4 Å². The highest BCUT2D eigenvalue weighted by Crippen LogP contribution is 2.33. The van der Waals surface area contributed by atoms with Gasteiger partial charge in [-0.3, -0.25) is 4.90 Å². The molecule has 1 aliphatic heterocycles. The van der Waals surface area contributed by atoms with Crippen LogP contribution in [0.25, 0.3) is 0 Å². The van der Waals surface area contributed by atoms with Gasteiger partial charge in [0.05, 0.1) is 17.7 Å². The highest BCUT2D eigenvalue weighted by molar-refractivity contribution is 6.32. The molecule has 0 spiro atoms. The molecule has 0 bridgehead atoms. The van der Waals surface area contributed by atoms with Gasteiger partial charge in [0.1, 0.15) is 6.67 Å². The van der Waals surface area contributed by atoms with Crippen molar-refractivity contribution in [1.82, 2.24) is 10.2 Å². The summed E-state index contributed by atoms with van der Waals surface area (Å²) in [7, 11) is 0. The molecule has 1 aliphatic rings. The fraction of sp³-hybridized carbons (Fsp3) is 0.571. The molecule has 1 heterocycles. The van der Waals surface area contributed by atoms with Crippen molar-refractivity contribution in [3.8, 4) is 5.75 Å². The van der Waals surface area contributed by atoms with Gasteiger partial charge in [0.2, 0.25) is 0 Å². The van der Waals surface area contributed by atoms with Crippen molar-refractivity contribution in [2.45, 2.75) is 13.0 Å². The Labute approximate surface area is 135 Å². The average Bonchev–Trinajstić information content (AvgIpc) is 2.45. The summed E-state index contributed by atoms with van der Waals surface area (Å²) in [5.74, 6) is -0.501. The summed E-state index contributed by atoms with van der Waals surface area (Å²) in [6, 6.07) is 2.46. The maximum Gasteiger partial charge on any atom is 0.173 e. The first-order valence-electron chi connectivity index (χ1n) is 6.79. The van der Waals surface area contributed by atoms with Crippen molar-refractivity contribution in [3.05, 3.63) is 28.5 Å². The molecule has 3 nitrogen and oxygen atoms in total. The Morgan fingerprint density at radius 2 is 2.05 bits per heavy atom. The molecule has 1 aromatic rings. The van der Waals surface area contributed by atoms with Crippen LogP contribution in [0.5, 0.6) is 5.75 Å². The van der Waals surface area contributed by atoms with Crippen LogP contribution >= 0.6 is 24.0 Å². The molecule has 0 saturated carbocycles. The number of piperazine rings is 1. The minimum absolute atomic E-state index is 0. The monoisotopic (exact) mass is 340 g/mol. The summed E-state index contributed by atoms with van der Waals surface area (Å²) in [6.45, 7) is 4.62. The lowest BCUT2D eigenvalue weighted by molar-refractivity contribution is 0.147. The SMILES string of the molecule is CCOc1c(F)cc([C@@H](CF)N2CCNCC2)cc1Cl.Cl. The van der Waals surface area contributed by atoms with E-state index in [1.54, 1.807) is 13.0 Å². The number of rotatable bonds is 5. The molecule has 0 amide bonds. The van der Waals surface area contributed by atoms with E-state index in [1.165, 1.54) is 6.07 Å². The molecule has 1 N–H and O–H groups in total. The summed E-state index contributed by atoms with van der Waals surface area (Å²) < 4.78 is 32.5. The molecule has 0 radical (unpaired) electrons. The van der Waals surface area contributed by atoms with Gasteiger partial charge in [-0.05, 0) is 24.6 Å². The van der Waals surface area contributed by atoms with E-state index in [0.29, 0.717) is 12.2 Å². The molecule has 21 heavy (non-hydrogen) atoms. The minimum atomic E-state index is -0.566. The Bertz CT molecular complexity index is 434. The van der Waals surface area contributed by atoms with Crippen LogP contribution in [0, 0.1) is 5.82 Å². The third kappa shape index (κ3) is 4.42. The molecule has 1 aromatic carbocycles. The fourth-order valence-corrected chi connectivity index (χ4v) is 2.72. The molecule has 2 rings (SSSR count). The Hall–Kier alpha value is -0.620. The molecular weight excluding hydrogens is 321 g/mol. The number of hydrogen-bond acceptors (Lipinski definition) is 3. The molecule has 1 atom stereocenters. The molecular formula is C14H20Cl2F2N2O. The maximum absolute atomic E-state index is 14.0. The van der Waals surface area contributed by atoms with Crippen molar-refractivity contribution < 1.29 is 13.5 Å². The Balaban J connectivity index is 0.00000220. The second-order valence-electron chi connectivity index (χ2n) is 4.70. The Morgan fingerprint density at radius 3 is 2.57 bits per heavy atom. The van der Waals surface area contributed by atoms with Crippen molar-refractivity contribution in [2.24, 2.45) is 0 Å². The molecule has 120 valence electrons. The zero-order chi connectivity index (χ0) is 14.5. The number of ether oxygens (including phenoxy) is 1. The van der Waals surface area contributed by atoms with Gasteiger partial charge < -0.3 is 10.1 Å². The summed E-state index contributed by atoms with van der Waals surface area (Å²) >= 11 is 6.04. The van der Waals surface area contributed by atoms with Gasteiger partial charge in [-0.1, -0.05) is 11.6 Å². The van der Waals surface area contributed by atoms with E-state index in [4.69, 9.17) is 16.3 Å². The molecule has 0 unspecified atom stereocenters. The summed E-state index contributed by atoms with van der Waals surface area (Å²) in [5, 5.41) is 3.40. The van der Waals surface area contributed by atoms with Gasteiger partial charge in [0.25, 0.3) is 0 Å². The van der Waals surface area contributed by atoms with E-state index < -0.39 is 18.5 Å². The van der Waals surface area contributed by atoms with Gasteiger partial charge >= 0.3 is 0 Å². The summed E-state index contributed by atoms with van der Waals surface area (Å²) in [6.07, 6.45) is 0. The maximum atomic E-state index is 14.0. The number of halogens is 4. The third-order valence-electron chi connectivity index (χ3n) is 3.43.